The normalized spacial score (nSPS) is 9.83. The second-order valence-corrected chi connectivity index (χ2v) is 7.16. The van der Waals surface area contributed by atoms with Crippen LogP contribution in [0.3, 0.4) is 0 Å². The molecule has 0 fully saturated rings. The van der Waals surface area contributed by atoms with Crippen molar-refractivity contribution >= 4 is 56.5 Å². The predicted molar refractivity (Wildman–Crippen MR) is 109 cm³/mol. The maximum absolute atomic E-state index is 8.85. The summed E-state index contributed by atoms with van der Waals surface area (Å²) < 4.78 is 7.21. The summed E-state index contributed by atoms with van der Waals surface area (Å²) in [5.41, 5.74) is 1.33. The Labute approximate surface area is 166 Å². The number of pyridine rings is 2. The first-order chi connectivity index (χ1) is 11.2. The van der Waals surface area contributed by atoms with E-state index in [2.05, 4.69) is 49.4 Å². The molecule has 0 amide bonds. The zero-order chi connectivity index (χ0) is 16.5. The van der Waals surface area contributed by atoms with E-state index in [1.54, 1.807) is 35.9 Å². The fourth-order valence-electron chi connectivity index (χ4n) is 1.57. The Morgan fingerprint density at radius 3 is 2.35 bits per heavy atom. The molecule has 23 heavy (non-hydrogen) atoms. The highest BCUT2D eigenvalue weighted by atomic mass is 127. The zero-order valence-electron chi connectivity index (χ0n) is 12.0. The van der Waals surface area contributed by atoms with Crippen molar-refractivity contribution in [1.29, 1.82) is 0 Å². The van der Waals surface area contributed by atoms with Gasteiger partial charge < -0.3 is 9.84 Å². The van der Waals surface area contributed by atoms with E-state index in [1.165, 1.54) is 5.56 Å². The summed E-state index contributed by atoms with van der Waals surface area (Å²) in [6.07, 6.45) is 4.36. The number of ether oxygens (including phenoxy) is 1. The van der Waals surface area contributed by atoms with Crippen LogP contribution in [0.15, 0.2) is 53.5 Å². The molecule has 0 aliphatic carbocycles. The van der Waals surface area contributed by atoms with Gasteiger partial charge in [-0.05, 0) is 91.8 Å². The summed E-state index contributed by atoms with van der Waals surface area (Å²) in [6.45, 7) is 0.707. The van der Waals surface area contributed by atoms with E-state index < -0.39 is 0 Å². The standard InChI is InChI=1S/C11H10INOS.C5H4INO/c12-11-10(2-1-5-13-11)14-6-3-9-4-7-15-8-9;6-5-4(8)2-1-3-7-5/h1-2,4-5,7-8H,3,6H2;1-3,8H. The van der Waals surface area contributed by atoms with Gasteiger partial charge in [-0.15, -0.1) is 0 Å². The molecule has 3 aromatic rings. The minimum atomic E-state index is 0.244. The molecule has 3 heterocycles. The van der Waals surface area contributed by atoms with Gasteiger partial charge in [-0.2, -0.15) is 11.3 Å². The Morgan fingerprint density at radius 2 is 1.78 bits per heavy atom. The third-order valence-corrected chi connectivity index (χ3v) is 5.07. The van der Waals surface area contributed by atoms with E-state index >= 15 is 0 Å². The zero-order valence-corrected chi connectivity index (χ0v) is 17.2. The van der Waals surface area contributed by atoms with Gasteiger partial charge in [0, 0.05) is 18.8 Å². The smallest absolute Gasteiger partial charge is 0.151 e. The van der Waals surface area contributed by atoms with E-state index in [0.717, 1.165) is 15.9 Å². The van der Waals surface area contributed by atoms with Crippen LogP contribution >= 0.6 is 56.5 Å². The lowest BCUT2D eigenvalue weighted by Crippen LogP contribution is -2.02. The molecule has 120 valence electrons. The summed E-state index contributed by atoms with van der Waals surface area (Å²) in [4.78, 5) is 7.97. The van der Waals surface area contributed by atoms with Crippen molar-refractivity contribution in [2.45, 2.75) is 6.42 Å². The molecule has 0 bridgehead atoms. The van der Waals surface area contributed by atoms with Crippen molar-refractivity contribution in [2.24, 2.45) is 0 Å². The molecule has 0 aliphatic rings. The second kappa shape index (κ2) is 10.0. The molecule has 3 rings (SSSR count). The summed E-state index contributed by atoms with van der Waals surface area (Å²) in [7, 11) is 0. The van der Waals surface area contributed by atoms with Crippen molar-refractivity contribution in [1.82, 2.24) is 9.97 Å². The molecule has 0 aromatic carbocycles. The first-order valence-electron chi connectivity index (χ1n) is 6.70. The lowest BCUT2D eigenvalue weighted by Gasteiger charge is -2.05. The monoisotopic (exact) mass is 552 g/mol. The first kappa shape index (κ1) is 18.4. The number of hydrogen-bond acceptors (Lipinski definition) is 5. The number of rotatable bonds is 4. The summed E-state index contributed by atoms with van der Waals surface area (Å²) >= 11 is 5.86. The molecule has 0 atom stereocenters. The van der Waals surface area contributed by atoms with Crippen LogP contribution in [0.25, 0.3) is 0 Å². The molecule has 7 heteroatoms. The summed E-state index contributed by atoms with van der Waals surface area (Å²) in [5.74, 6) is 1.11. The van der Waals surface area contributed by atoms with Crippen LogP contribution in [0.2, 0.25) is 0 Å². The van der Waals surface area contributed by atoms with Crippen molar-refractivity contribution in [3.8, 4) is 11.5 Å². The molecule has 0 radical (unpaired) electrons. The van der Waals surface area contributed by atoms with Gasteiger partial charge >= 0.3 is 0 Å². The molecule has 1 N–H and O–H groups in total. The Bertz CT molecular complexity index is 703. The molecule has 0 spiro atoms. The topological polar surface area (TPSA) is 55.2 Å². The maximum Gasteiger partial charge on any atom is 0.151 e. The Balaban J connectivity index is 0.000000203. The minimum Gasteiger partial charge on any atom is -0.505 e. The van der Waals surface area contributed by atoms with Gasteiger partial charge in [-0.3, -0.25) is 0 Å². The number of aromatic nitrogens is 2. The third kappa shape index (κ3) is 6.60. The van der Waals surface area contributed by atoms with Crippen molar-refractivity contribution in [3.63, 3.8) is 0 Å². The predicted octanol–water partition coefficient (Wildman–Crippen LogP) is 4.76. The largest absolute Gasteiger partial charge is 0.505 e. The third-order valence-electron chi connectivity index (χ3n) is 2.69. The minimum absolute atomic E-state index is 0.244. The number of aromatic hydroxyl groups is 1. The van der Waals surface area contributed by atoms with Crippen LogP contribution in [0.5, 0.6) is 11.5 Å². The average molecular weight is 552 g/mol. The molecule has 0 unspecified atom stereocenters. The van der Waals surface area contributed by atoms with Gasteiger partial charge in [0.2, 0.25) is 0 Å². The van der Waals surface area contributed by atoms with E-state index in [0.29, 0.717) is 10.3 Å². The lowest BCUT2D eigenvalue weighted by atomic mass is 10.3. The molecule has 3 aromatic heterocycles. The average Bonchev–Trinajstić information content (AvgIpc) is 3.06. The summed E-state index contributed by atoms with van der Waals surface area (Å²) in [6, 6.07) is 9.26. The number of thiophene rings is 1. The Morgan fingerprint density at radius 1 is 1.04 bits per heavy atom. The highest BCUT2D eigenvalue weighted by Gasteiger charge is 2.00. The summed E-state index contributed by atoms with van der Waals surface area (Å²) in [5, 5.41) is 13.1. The van der Waals surface area contributed by atoms with Gasteiger partial charge in [-0.25, -0.2) is 9.97 Å². The van der Waals surface area contributed by atoms with Crippen LogP contribution in [0.4, 0.5) is 0 Å². The van der Waals surface area contributed by atoms with Gasteiger partial charge in [0.15, 0.2) is 5.75 Å². The molecule has 0 saturated heterocycles. The highest BCUT2D eigenvalue weighted by Crippen LogP contribution is 2.17. The number of hydrogen-bond donors (Lipinski definition) is 1. The van der Waals surface area contributed by atoms with Crippen LogP contribution in [-0.4, -0.2) is 21.7 Å². The molecule has 4 nitrogen and oxygen atoms in total. The first-order valence-corrected chi connectivity index (χ1v) is 9.80. The SMILES string of the molecule is Ic1ncccc1OCCc1ccsc1.Oc1cccnc1I. The van der Waals surface area contributed by atoms with Crippen molar-refractivity contribution in [3.05, 3.63) is 66.5 Å². The van der Waals surface area contributed by atoms with E-state index in [-0.39, 0.29) is 5.75 Å². The van der Waals surface area contributed by atoms with Gasteiger partial charge in [0.1, 0.15) is 13.2 Å². The van der Waals surface area contributed by atoms with E-state index in [9.17, 15) is 0 Å². The molecular formula is C16H14I2N2O2S. The Kier molecular flexibility index (Phi) is 8.03. The van der Waals surface area contributed by atoms with Crippen molar-refractivity contribution in [2.75, 3.05) is 6.61 Å². The van der Waals surface area contributed by atoms with E-state index in [4.69, 9.17) is 9.84 Å². The number of nitrogens with zero attached hydrogens (tertiary/aromatic N) is 2. The van der Waals surface area contributed by atoms with Crippen LogP contribution < -0.4 is 4.74 Å². The maximum atomic E-state index is 8.85. The quantitative estimate of drug-likeness (QED) is 0.375. The van der Waals surface area contributed by atoms with Crippen LogP contribution in [-0.2, 0) is 6.42 Å². The molecule has 0 aliphatic heterocycles. The van der Waals surface area contributed by atoms with Gasteiger partial charge in [-0.1, -0.05) is 0 Å². The lowest BCUT2D eigenvalue weighted by molar-refractivity contribution is 0.318. The molecule has 0 saturated carbocycles. The Hall–Kier alpha value is -0.940. The number of halogens is 2. The van der Waals surface area contributed by atoms with Gasteiger partial charge in [0.05, 0.1) is 6.61 Å². The van der Waals surface area contributed by atoms with Crippen LogP contribution in [0.1, 0.15) is 5.56 Å². The molecular weight excluding hydrogens is 538 g/mol. The second-order valence-electron chi connectivity index (χ2n) is 4.34. The van der Waals surface area contributed by atoms with Crippen molar-refractivity contribution < 1.29 is 9.84 Å². The fraction of sp³-hybridized carbons (Fsp3) is 0.125. The highest BCUT2D eigenvalue weighted by molar-refractivity contribution is 14.1. The van der Waals surface area contributed by atoms with Gasteiger partial charge in [0.25, 0.3) is 0 Å². The van der Waals surface area contributed by atoms with Crippen LogP contribution in [0, 0.1) is 7.40 Å². The van der Waals surface area contributed by atoms with E-state index in [1.807, 2.05) is 34.7 Å². The fourth-order valence-corrected chi connectivity index (χ4v) is 3.11.